The average molecular weight is 499 g/mol. The highest BCUT2D eigenvalue weighted by Gasteiger charge is 2.10. The summed E-state index contributed by atoms with van der Waals surface area (Å²) in [6, 6.07) is 22.9. The molecule has 0 fully saturated rings. The van der Waals surface area contributed by atoms with E-state index in [1.54, 1.807) is 25.3 Å². The number of amides is 1. The van der Waals surface area contributed by atoms with Gasteiger partial charge in [-0.3, -0.25) is 10.1 Å². The Hall–Kier alpha value is -2.90. The third kappa shape index (κ3) is 7.08. The summed E-state index contributed by atoms with van der Waals surface area (Å²) in [6.45, 7) is 0.646. The molecule has 0 unspecified atom stereocenters. The Balaban J connectivity index is 1.44. The number of hydrogen-bond acceptors (Lipinski definition) is 4. The minimum absolute atomic E-state index is 0.216. The van der Waals surface area contributed by atoms with Crippen LogP contribution in [-0.2, 0) is 6.42 Å². The SMILES string of the molecule is COc1ccc(C(=O)NC(=S)Nc2ccc(OCCCc3ccccc3)cc2)cc1Br. The van der Waals surface area contributed by atoms with Crippen LogP contribution in [0.4, 0.5) is 5.69 Å². The first-order chi connectivity index (χ1) is 15.0. The van der Waals surface area contributed by atoms with E-state index in [1.807, 2.05) is 42.5 Å². The highest BCUT2D eigenvalue weighted by atomic mass is 79.9. The molecule has 0 aliphatic carbocycles. The summed E-state index contributed by atoms with van der Waals surface area (Å²) < 4.78 is 11.7. The zero-order valence-electron chi connectivity index (χ0n) is 17.1. The van der Waals surface area contributed by atoms with Crippen molar-refractivity contribution < 1.29 is 14.3 Å². The molecule has 0 radical (unpaired) electrons. The number of carbonyl (C=O) groups excluding carboxylic acids is 1. The van der Waals surface area contributed by atoms with Crippen LogP contribution in [0.3, 0.4) is 0 Å². The predicted octanol–water partition coefficient (Wildman–Crippen LogP) is 5.60. The second-order valence-electron chi connectivity index (χ2n) is 6.72. The lowest BCUT2D eigenvalue weighted by atomic mass is 10.1. The number of hydrogen-bond donors (Lipinski definition) is 2. The third-order valence-corrected chi connectivity index (χ3v) is 5.30. The van der Waals surface area contributed by atoms with Gasteiger partial charge in [0.25, 0.3) is 5.91 Å². The number of anilines is 1. The quantitative estimate of drug-likeness (QED) is 0.312. The van der Waals surface area contributed by atoms with Crippen molar-refractivity contribution >= 4 is 44.9 Å². The van der Waals surface area contributed by atoms with Gasteiger partial charge in [-0.05, 0) is 89.0 Å². The molecule has 0 aliphatic rings. The van der Waals surface area contributed by atoms with Gasteiger partial charge >= 0.3 is 0 Å². The van der Waals surface area contributed by atoms with Crippen molar-refractivity contribution in [3.05, 3.63) is 88.4 Å². The van der Waals surface area contributed by atoms with E-state index in [2.05, 4.69) is 38.7 Å². The monoisotopic (exact) mass is 498 g/mol. The van der Waals surface area contributed by atoms with Crippen molar-refractivity contribution in [1.29, 1.82) is 0 Å². The van der Waals surface area contributed by atoms with Crippen molar-refractivity contribution in [3.8, 4) is 11.5 Å². The van der Waals surface area contributed by atoms with Crippen LogP contribution in [0.1, 0.15) is 22.3 Å². The van der Waals surface area contributed by atoms with Crippen molar-refractivity contribution in [1.82, 2.24) is 5.32 Å². The second kappa shape index (κ2) is 11.5. The standard InChI is InChI=1S/C24H23BrN2O3S/c1-29-22-14-9-18(16-21(22)25)23(28)27-24(31)26-19-10-12-20(13-11-19)30-15-5-8-17-6-3-2-4-7-17/h2-4,6-7,9-14,16H,5,8,15H2,1H3,(H2,26,27,28,31). The Morgan fingerprint density at radius 2 is 1.77 bits per heavy atom. The molecule has 3 rings (SSSR count). The second-order valence-corrected chi connectivity index (χ2v) is 7.98. The van der Waals surface area contributed by atoms with Crippen LogP contribution in [0.25, 0.3) is 0 Å². The Morgan fingerprint density at radius 3 is 2.45 bits per heavy atom. The van der Waals surface area contributed by atoms with E-state index in [0.29, 0.717) is 22.4 Å². The molecule has 31 heavy (non-hydrogen) atoms. The Morgan fingerprint density at radius 1 is 1.03 bits per heavy atom. The lowest BCUT2D eigenvalue weighted by Gasteiger charge is -2.11. The fourth-order valence-electron chi connectivity index (χ4n) is 2.89. The van der Waals surface area contributed by atoms with E-state index < -0.39 is 0 Å². The maximum Gasteiger partial charge on any atom is 0.257 e. The van der Waals surface area contributed by atoms with Gasteiger partial charge in [-0.2, -0.15) is 0 Å². The number of ether oxygens (including phenoxy) is 2. The number of methoxy groups -OCH3 is 1. The van der Waals surface area contributed by atoms with Gasteiger partial charge in [0.15, 0.2) is 5.11 Å². The first-order valence-electron chi connectivity index (χ1n) is 9.78. The minimum Gasteiger partial charge on any atom is -0.496 e. The summed E-state index contributed by atoms with van der Waals surface area (Å²) in [4.78, 5) is 12.4. The molecule has 7 heteroatoms. The maximum atomic E-state index is 12.4. The van der Waals surface area contributed by atoms with E-state index in [4.69, 9.17) is 21.7 Å². The molecule has 0 spiro atoms. The van der Waals surface area contributed by atoms with Gasteiger partial charge in [-0.25, -0.2) is 0 Å². The molecule has 1 amide bonds. The van der Waals surface area contributed by atoms with Gasteiger partial charge in [-0.15, -0.1) is 0 Å². The molecule has 0 bridgehead atoms. The normalized spacial score (nSPS) is 10.3. The molecule has 0 saturated carbocycles. The van der Waals surface area contributed by atoms with E-state index in [0.717, 1.165) is 24.3 Å². The predicted molar refractivity (Wildman–Crippen MR) is 131 cm³/mol. The zero-order chi connectivity index (χ0) is 22.1. The van der Waals surface area contributed by atoms with Crippen LogP contribution < -0.4 is 20.1 Å². The largest absolute Gasteiger partial charge is 0.496 e. The van der Waals surface area contributed by atoms with Crippen molar-refractivity contribution in [2.75, 3.05) is 19.0 Å². The molecule has 3 aromatic carbocycles. The van der Waals surface area contributed by atoms with Gasteiger partial charge in [0.05, 0.1) is 18.2 Å². The van der Waals surface area contributed by atoms with Gasteiger partial charge in [0.1, 0.15) is 11.5 Å². The fraction of sp³-hybridized carbons (Fsp3) is 0.167. The molecule has 2 N–H and O–H groups in total. The smallest absolute Gasteiger partial charge is 0.257 e. The number of thiocarbonyl (C=S) groups is 1. The van der Waals surface area contributed by atoms with Crippen LogP contribution >= 0.6 is 28.1 Å². The maximum absolute atomic E-state index is 12.4. The van der Waals surface area contributed by atoms with Gasteiger partial charge in [0, 0.05) is 11.3 Å². The zero-order valence-corrected chi connectivity index (χ0v) is 19.5. The number of benzene rings is 3. The Labute approximate surface area is 195 Å². The summed E-state index contributed by atoms with van der Waals surface area (Å²) in [6.07, 6.45) is 1.93. The summed E-state index contributed by atoms with van der Waals surface area (Å²) in [5, 5.41) is 5.89. The van der Waals surface area contributed by atoms with Gasteiger partial charge in [0.2, 0.25) is 0 Å². The Bertz CT molecular complexity index is 1030. The molecule has 0 atom stereocenters. The average Bonchev–Trinajstić information content (AvgIpc) is 2.78. The number of aryl methyl sites for hydroxylation is 1. The summed E-state index contributed by atoms with van der Waals surface area (Å²) in [5.41, 5.74) is 2.54. The first kappa shape index (κ1) is 22.8. The summed E-state index contributed by atoms with van der Waals surface area (Å²) >= 11 is 8.62. The van der Waals surface area contributed by atoms with E-state index in [9.17, 15) is 4.79 Å². The summed E-state index contributed by atoms with van der Waals surface area (Å²) in [7, 11) is 1.57. The molecule has 0 saturated heterocycles. The van der Waals surface area contributed by atoms with Crippen molar-refractivity contribution in [2.24, 2.45) is 0 Å². The molecule has 5 nitrogen and oxygen atoms in total. The van der Waals surface area contributed by atoms with E-state index in [1.165, 1.54) is 5.56 Å². The van der Waals surface area contributed by atoms with E-state index >= 15 is 0 Å². The highest BCUT2D eigenvalue weighted by molar-refractivity contribution is 9.10. The molecule has 160 valence electrons. The fourth-order valence-corrected chi connectivity index (χ4v) is 3.64. The molecular formula is C24H23BrN2O3S. The first-order valence-corrected chi connectivity index (χ1v) is 11.0. The number of halogens is 1. The third-order valence-electron chi connectivity index (χ3n) is 4.47. The van der Waals surface area contributed by atoms with Crippen LogP contribution in [0.2, 0.25) is 0 Å². The molecule has 0 aliphatic heterocycles. The number of rotatable bonds is 8. The molecule has 0 aromatic heterocycles. The van der Waals surface area contributed by atoms with Gasteiger partial charge < -0.3 is 14.8 Å². The van der Waals surface area contributed by atoms with Crippen LogP contribution in [0, 0.1) is 0 Å². The summed E-state index contributed by atoms with van der Waals surface area (Å²) in [5.74, 6) is 1.13. The minimum atomic E-state index is -0.306. The number of nitrogens with one attached hydrogen (secondary N) is 2. The molecular weight excluding hydrogens is 476 g/mol. The van der Waals surface area contributed by atoms with Crippen LogP contribution in [0.15, 0.2) is 77.3 Å². The van der Waals surface area contributed by atoms with Gasteiger partial charge in [-0.1, -0.05) is 30.3 Å². The van der Waals surface area contributed by atoms with Crippen molar-refractivity contribution in [2.45, 2.75) is 12.8 Å². The van der Waals surface area contributed by atoms with Crippen LogP contribution in [-0.4, -0.2) is 24.7 Å². The lowest BCUT2D eigenvalue weighted by Crippen LogP contribution is -2.34. The number of carbonyl (C=O) groups is 1. The molecule has 0 heterocycles. The van der Waals surface area contributed by atoms with E-state index in [-0.39, 0.29) is 11.0 Å². The lowest BCUT2D eigenvalue weighted by molar-refractivity contribution is 0.0977. The molecule has 3 aromatic rings. The Kier molecular flexibility index (Phi) is 8.44. The highest BCUT2D eigenvalue weighted by Crippen LogP contribution is 2.25. The van der Waals surface area contributed by atoms with Crippen LogP contribution in [0.5, 0.6) is 11.5 Å². The topological polar surface area (TPSA) is 59.6 Å². The van der Waals surface area contributed by atoms with Crippen molar-refractivity contribution in [3.63, 3.8) is 0 Å².